The first kappa shape index (κ1) is 19.7. The van der Waals surface area contributed by atoms with Crippen LogP contribution in [-0.4, -0.2) is 22.5 Å². The van der Waals surface area contributed by atoms with Gasteiger partial charge in [-0.2, -0.15) is 4.98 Å². The normalized spacial score (nSPS) is 10.7. The third kappa shape index (κ3) is 4.04. The van der Waals surface area contributed by atoms with Gasteiger partial charge in [0.1, 0.15) is 5.82 Å². The molecule has 0 atom stereocenters. The molecule has 0 radical (unpaired) electrons. The van der Waals surface area contributed by atoms with Gasteiger partial charge in [0, 0.05) is 23.1 Å². The number of amides is 1. The maximum atomic E-state index is 12.8. The number of anilines is 2. The van der Waals surface area contributed by atoms with E-state index in [9.17, 15) is 9.59 Å². The van der Waals surface area contributed by atoms with Crippen LogP contribution in [0.4, 0.5) is 11.5 Å². The Hall–Kier alpha value is -3.64. The van der Waals surface area contributed by atoms with Crippen LogP contribution >= 0.6 is 11.6 Å². The predicted molar refractivity (Wildman–Crippen MR) is 121 cm³/mol. The average molecular weight is 419 g/mol. The molecule has 4 rings (SSSR count). The number of nitrogens with zero attached hydrogens (tertiary/aromatic N) is 2. The maximum absolute atomic E-state index is 12.8. The van der Waals surface area contributed by atoms with Gasteiger partial charge in [0.05, 0.1) is 17.6 Å². The van der Waals surface area contributed by atoms with Crippen LogP contribution in [0.25, 0.3) is 16.6 Å². The molecule has 0 aliphatic heterocycles. The van der Waals surface area contributed by atoms with Crippen molar-refractivity contribution >= 4 is 39.9 Å². The van der Waals surface area contributed by atoms with Crippen LogP contribution < -0.4 is 16.3 Å². The van der Waals surface area contributed by atoms with Gasteiger partial charge in [0.25, 0.3) is 0 Å². The number of rotatable bonds is 5. The first-order valence-electron chi connectivity index (χ1n) is 9.39. The first-order valence-corrected chi connectivity index (χ1v) is 9.77. The van der Waals surface area contributed by atoms with E-state index in [2.05, 4.69) is 15.6 Å². The van der Waals surface area contributed by atoms with E-state index in [-0.39, 0.29) is 12.3 Å². The highest BCUT2D eigenvalue weighted by Gasteiger charge is 2.13. The number of hydrogen-bond acceptors (Lipinski definition) is 4. The monoisotopic (exact) mass is 418 g/mol. The summed E-state index contributed by atoms with van der Waals surface area (Å²) in [4.78, 5) is 29.3. The zero-order valence-electron chi connectivity index (χ0n) is 16.2. The average Bonchev–Trinajstić information content (AvgIpc) is 2.73. The lowest BCUT2D eigenvalue weighted by Crippen LogP contribution is -2.23. The molecular formula is C23H19ClN4O2. The molecule has 0 spiro atoms. The standard InChI is InChI=1S/C23H19ClN4O2/c1-25-22-19-11-10-16(24)13-20(19)28(23(30)27-22)18-9-5-8-17(14-18)26-21(29)12-15-6-3-2-4-7-15/h2-11,13-14H,12H2,1H3,(H,26,29)(H,25,27,30). The van der Waals surface area contributed by atoms with Gasteiger partial charge in [-0.3, -0.25) is 9.36 Å². The molecule has 0 bridgehead atoms. The molecule has 3 aromatic carbocycles. The molecule has 7 heteroatoms. The fourth-order valence-corrected chi connectivity index (χ4v) is 3.51. The van der Waals surface area contributed by atoms with E-state index in [1.165, 1.54) is 4.57 Å². The highest BCUT2D eigenvalue weighted by Crippen LogP contribution is 2.26. The highest BCUT2D eigenvalue weighted by molar-refractivity contribution is 6.31. The summed E-state index contributed by atoms with van der Waals surface area (Å²) in [5.41, 5.74) is 2.28. The number of halogens is 1. The van der Waals surface area contributed by atoms with E-state index in [4.69, 9.17) is 11.6 Å². The van der Waals surface area contributed by atoms with Crippen LogP contribution in [0.3, 0.4) is 0 Å². The smallest absolute Gasteiger partial charge is 0.354 e. The summed E-state index contributed by atoms with van der Waals surface area (Å²) in [6.07, 6.45) is 0.266. The predicted octanol–water partition coefficient (Wildman–Crippen LogP) is 4.26. The minimum Gasteiger partial charge on any atom is -0.372 e. The number of carbonyl (C=O) groups is 1. The Bertz CT molecular complexity index is 1290. The van der Waals surface area contributed by atoms with Crippen LogP contribution in [0.1, 0.15) is 5.56 Å². The van der Waals surface area contributed by atoms with Crippen molar-refractivity contribution in [3.63, 3.8) is 0 Å². The van der Waals surface area contributed by atoms with Gasteiger partial charge in [0.15, 0.2) is 0 Å². The molecule has 1 heterocycles. The Balaban J connectivity index is 1.71. The molecule has 0 aliphatic rings. The fraction of sp³-hybridized carbons (Fsp3) is 0.0870. The minimum atomic E-state index is -0.443. The molecule has 150 valence electrons. The summed E-state index contributed by atoms with van der Waals surface area (Å²) >= 11 is 6.19. The molecule has 0 saturated carbocycles. The Morgan fingerprint density at radius 1 is 1.03 bits per heavy atom. The third-order valence-electron chi connectivity index (χ3n) is 4.69. The van der Waals surface area contributed by atoms with E-state index >= 15 is 0 Å². The lowest BCUT2D eigenvalue weighted by atomic mass is 10.1. The molecular weight excluding hydrogens is 400 g/mol. The molecule has 4 aromatic rings. The second-order valence-corrected chi connectivity index (χ2v) is 7.19. The van der Waals surface area contributed by atoms with Crippen molar-refractivity contribution in [1.29, 1.82) is 0 Å². The van der Waals surface area contributed by atoms with Crippen LogP contribution in [-0.2, 0) is 11.2 Å². The number of carbonyl (C=O) groups excluding carboxylic acids is 1. The number of fused-ring (bicyclic) bond motifs is 1. The minimum absolute atomic E-state index is 0.137. The van der Waals surface area contributed by atoms with Gasteiger partial charge >= 0.3 is 5.69 Å². The number of hydrogen-bond donors (Lipinski definition) is 2. The van der Waals surface area contributed by atoms with Crippen molar-refractivity contribution in [3.8, 4) is 5.69 Å². The molecule has 2 N–H and O–H groups in total. The first-order chi connectivity index (χ1) is 14.5. The van der Waals surface area contributed by atoms with Crippen molar-refractivity contribution in [2.45, 2.75) is 6.42 Å². The Morgan fingerprint density at radius 2 is 1.83 bits per heavy atom. The van der Waals surface area contributed by atoms with Gasteiger partial charge in [-0.05, 0) is 42.0 Å². The number of benzene rings is 3. The maximum Gasteiger partial charge on any atom is 0.354 e. The fourth-order valence-electron chi connectivity index (χ4n) is 3.35. The van der Waals surface area contributed by atoms with Crippen molar-refractivity contribution < 1.29 is 4.79 Å². The van der Waals surface area contributed by atoms with Gasteiger partial charge in [-0.15, -0.1) is 0 Å². The summed E-state index contributed by atoms with van der Waals surface area (Å²) in [7, 11) is 1.71. The Morgan fingerprint density at radius 3 is 2.60 bits per heavy atom. The second-order valence-electron chi connectivity index (χ2n) is 6.75. The molecule has 0 aliphatic carbocycles. The quantitative estimate of drug-likeness (QED) is 0.507. The molecule has 0 saturated heterocycles. The van der Waals surface area contributed by atoms with E-state index in [1.54, 1.807) is 43.4 Å². The molecule has 0 fully saturated rings. The molecule has 0 unspecified atom stereocenters. The van der Waals surface area contributed by atoms with Gasteiger partial charge in [-0.1, -0.05) is 48.0 Å². The lowest BCUT2D eigenvalue weighted by Gasteiger charge is -2.14. The summed E-state index contributed by atoms with van der Waals surface area (Å²) in [6.45, 7) is 0. The summed E-state index contributed by atoms with van der Waals surface area (Å²) in [5, 5.41) is 7.11. The molecule has 6 nitrogen and oxygen atoms in total. The molecule has 1 amide bonds. The van der Waals surface area contributed by atoms with Gasteiger partial charge in [0.2, 0.25) is 5.91 Å². The topological polar surface area (TPSA) is 76.0 Å². The summed E-state index contributed by atoms with van der Waals surface area (Å²) in [6, 6.07) is 21.9. The van der Waals surface area contributed by atoms with E-state index in [0.717, 1.165) is 10.9 Å². The van der Waals surface area contributed by atoms with Crippen LogP contribution in [0.5, 0.6) is 0 Å². The Labute approximate surface area is 178 Å². The van der Waals surface area contributed by atoms with Crippen LogP contribution in [0.2, 0.25) is 5.02 Å². The molecule has 30 heavy (non-hydrogen) atoms. The second kappa shape index (κ2) is 8.39. The third-order valence-corrected chi connectivity index (χ3v) is 4.92. The van der Waals surface area contributed by atoms with Gasteiger partial charge in [-0.25, -0.2) is 4.79 Å². The largest absolute Gasteiger partial charge is 0.372 e. The van der Waals surface area contributed by atoms with E-state index in [0.29, 0.717) is 27.7 Å². The van der Waals surface area contributed by atoms with E-state index < -0.39 is 5.69 Å². The SMILES string of the molecule is CNc1nc(=O)n(-c2cccc(NC(=O)Cc3ccccc3)c2)c2cc(Cl)ccc12. The van der Waals surface area contributed by atoms with Crippen LogP contribution in [0.15, 0.2) is 77.6 Å². The summed E-state index contributed by atoms with van der Waals surface area (Å²) < 4.78 is 1.48. The zero-order valence-corrected chi connectivity index (χ0v) is 17.0. The molecule has 1 aromatic heterocycles. The number of aromatic nitrogens is 2. The zero-order chi connectivity index (χ0) is 21.1. The van der Waals surface area contributed by atoms with Crippen molar-refractivity contribution in [2.24, 2.45) is 0 Å². The van der Waals surface area contributed by atoms with Crippen molar-refractivity contribution in [1.82, 2.24) is 9.55 Å². The van der Waals surface area contributed by atoms with Crippen molar-refractivity contribution in [3.05, 3.63) is 93.9 Å². The van der Waals surface area contributed by atoms with Gasteiger partial charge < -0.3 is 10.6 Å². The van der Waals surface area contributed by atoms with E-state index in [1.807, 2.05) is 36.4 Å². The Kier molecular flexibility index (Phi) is 5.50. The van der Waals surface area contributed by atoms with Crippen LogP contribution in [0, 0.1) is 0 Å². The number of nitrogens with one attached hydrogen (secondary N) is 2. The lowest BCUT2D eigenvalue weighted by molar-refractivity contribution is -0.115. The van der Waals surface area contributed by atoms with Crippen molar-refractivity contribution in [2.75, 3.05) is 17.7 Å². The summed E-state index contributed by atoms with van der Waals surface area (Å²) in [5.74, 6) is 0.345. The highest BCUT2D eigenvalue weighted by atomic mass is 35.5.